The fourth-order valence-corrected chi connectivity index (χ4v) is 3.10. The molecule has 128 valence electrons. The number of carbonyl (C=O) groups excluding carboxylic acids is 1. The summed E-state index contributed by atoms with van der Waals surface area (Å²) in [6.07, 6.45) is 3.03. The molecule has 0 bridgehead atoms. The summed E-state index contributed by atoms with van der Waals surface area (Å²) in [6.45, 7) is 1.85. The fourth-order valence-electron chi connectivity index (χ4n) is 3.10. The number of aromatic nitrogens is 3. The molecule has 1 saturated heterocycles. The molecule has 3 heterocycles. The number of carbonyl (C=O) groups is 1. The van der Waals surface area contributed by atoms with Crippen molar-refractivity contribution in [3.05, 3.63) is 47.9 Å². The van der Waals surface area contributed by atoms with Crippen LogP contribution in [0, 0.1) is 5.82 Å². The number of rotatable bonds is 3. The highest BCUT2D eigenvalue weighted by molar-refractivity contribution is 6.01. The van der Waals surface area contributed by atoms with Crippen LogP contribution in [0.3, 0.4) is 0 Å². The van der Waals surface area contributed by atoms with Crippen LogP contribution in [0.5, 0.6) is 0 Å². The van der Waals surface area contributed by atoms with E-state index < -0.39 is 5.82 Å². The average Bonchev–Trinajstić information content (AvgIpc) is 3.06. The Morgan fingerprint density at radius 1 is 1.20 bits per heavy atom. The molecule has 1 amide bonds. The minimum atomic E-state index is -0.398. The summed E-state index contributed by atoms with van der Waals surface area (Å²) in [5.41, 5.74) is 2.55. The SMILES string of the molecule is O=C(NC1CCNCC1)c1ccc2[nH]nc(-c3ccc(F)cn3)c2c1. The van der Waals surface area contributed by atoms with Gasteiger partial charge in [0, 0.05) is 17.0 Å². The third-order valence-electron chi connectivity index (χ3n) is 4.47. The van der Waals surface area contributed by atoms with Gasteiger partial charge in [0.15, 0.2) is 0 Å². The zero-order valence-corrected chi connectivity index (χ0v) is 13.6. The first-order valence-electron chi connectivity index (χ1n) is 8.32. The van der Waals surface area contributed by atoms with E-state index in [9.17, 15) is 9.18 Å². The molecule has 3 N–H and O–H groups in total. The molecule has 6 nitrogen and oxygen atoms in total. The number of H-pyrrole nitrogens is 1. The van der Waals surface area contributed by atoms with Crippen molar-refractivity contribution in [1.29, 1.82) is 0 Å². The van der Waals surface area contributed by atoms with Crippen LogP contribution in [0.15, 0.2) is 36.5 Å². The molecule has 1 aliphatic rings. The van der Waals surface area contributed by atoms with E-state index in [-0.39, 0.29) is 11.9 Å². The second-order valence-electron chi connectivity index (χ2n) is 6.19. The number of halogens is 1. The largest absolute Gasteiger partial charge is 0.349 e. The highest BCUT2D eigenvalue weighted by Gasteiger charge is 2.18. The van der Waals surface area contributed by atoms with Gasteiger partial charge < -0.3 is 10.6 Å². The minimum absolute atomic E-state index is 0.0898. The lowest BCUT2D eigenvalue weighted by atomic mass is 10.0. The van der Waals surface area contributed by atoms with Gasteiger partial charge in [-0.1, -0.05) is 0 Å². The zero-order valence-electron chi connectivity index (χ0n) is 13.6. The molecular formula is C18H18FN5O. The number of fused-ring (bicyclic) bond motifs is 1. The molecule has 0 spiro atoms. The number of pyridine rings is 1. The van der Waals surface area contributed by atoms with Gasteiger partial charge in [0.25, 0.3) is 5.91 Å². The van der Waals surface area contributed by atoms with Gasteiger partial charge in [0.1, 0.15) is 11.5 Å². The van der Waals surface area contributed by atoms with Crippen LogP contribution in [0.2, 0.25) is 0 Å². The Kier molecular flexibility index (Phi) is 4.15. The molecule has 2 aromatic heterocycles. The summed E-state index contributed by atoms with van der Waals surface area (Å²) < 4.78 is 13.1. The van der Waals surface area contributed by atoms with Gasteiger partial charge in [-0.15, -0.1) is 0 Å². The Morgan fingerprint density at radius 2 is 2.04 bits per heavy atom. The van der Waals surface area contributed by atoms with Crippen LogP contribution in [-0.4, -0.2) is 40.2 Å². The van der Waals surface area contributed by atoms with Gasteiger partial charge in [0.2, 0.25) is 0 Å². The number of amides is 1. The minimum Gasteiger partial charge on any atom is -0.349 e. The molecule has 0 unspecified atom stereocenters. The molecular weight excluding hydrogens is 321 g/mol. The number of nitrogens with zero attached hydrogens (tertiary/aromatic N) is 2. The third kappa shape index (κ3) is 3.23. The first-order valence-corrected chi connectivity index (χ1v) is 8.32. The van der Waals surface area contributed by atoms with Crippen molar-refractivity contribution in [2.75, 3.05) is 13.1 Å². The monoisotopic (exact) mass is 339 g/mol. The quantitative estimate of drug-likeness (QED) is 0.683. The molecule has 1 aromatic carbocycles. The standard InChI is InChI=1S/C18H18FN5O/c19-12-2-4-16(21-10-12)17-14-9-11(1-3-15(14)23-24-17)18(25)22-13-5-7-20-8-6-13/h1-4,9-10,13,20H,5-8H2,(H,22,25)(H,23,24). The van der Waals surface area contributed by atoms with E-state index in [0.717, 1.165) is 43.0 Å². The van der Waals surface area contributed by atoms with Gasteiger partial charge in [-0.3, -0.25) is 14.9 Å². The first kappa shape index (κ1) is 15.7. The van der Waals surface area contributed by atoms with E-state index in [1.807, 2.05) is 6.07 Å². The molecule has 1 fully saturated rings. The number of nitrogens with one attached hydrogen (secondary N) is 3. The van der Waals surface area contributed by atoms with E-state index in [1.54, 1.807) is 18.2 Å². The number of benzene rings is 1. The van der Waals surface area contributed by atoms with Crippen LogP contribution in [0.25, 0.3) is 22.3 Å². The van der Waals surface area contributed by atoms with Crippen molar-refractivity contribution in [3.8, 4) is 11.4 Å². The van der Waals surface area contributed by atoms with Crippen molar-refractivity contribution >= 4 is 16.8 Å². The maximum absolute atomic E-state index is 13.1. The third-order valence-corrected chi connectivity index (χ3v) is 4.47. The molecule has 0 atom stereocenters. The van der Waals surface area contributed by atoms with Gasteiger partial charge >= 0.3 is 0 Å². The zero-order chi connectivity index (χ0) is 17.2. The van der Waals surface area contributed by atoms with Crippen molar-refractivity contribution in [2.24, 2.45) is 0 Å². The maximum Gasteiger partial charge on any atom is 0.251 e. The van der Waals surface area contributed by atoms with E-state index in [4.69, 9.17) is 0 Å². The Bertz CT molecular complexity index is 899. The summed E-state index contributed by atoms with van der Waals surface area (Å²) in [5, 5.41) is 14.3. The molecule has 0 saturated carbocycles. The predicted molar refractivity (Wildman–Crippen MR) is 92.6 cm³/mol. The Balaban J connectivity index is 1.63. The van der Waals surface area contributed by atoms with Crippen LogP contribution in [0.1, 0.15) is 23.2 Å². The summed E-state index contributed by atoms with van der Waals surface area (Å²) in [6, 6.07) is 8.52. The Hall–Kier alpha value is -2.80. The van der Waals surface area contributed by atoms with Crippen molar-refractivity contribution < 1.29 is 9.18 Å². The summed E-state index contributed by atoms with van der Waals surface area (Å²) >= 11 is 0. The average molecular weight is 339 g/mol. The van der Waals surface area contributed by atoms with Crippen LogP contribution < -0.4 is 10.6 Å². The summed E-state index contributed by atoms with van der Waals surface area (Å²) in [5.74, 6) is -0.487. The van der Waals surface area contributed by atoms with E-state index in [2.05, 4.69) is 25.8 Å². The molecule has 0 aliphatic carbocycles. The first-order chi connectivity index (χ1) is 12.2. The number of hydrogen-bond acceptors (Lipinski definition) is 4. The van der Waals surface area contributed by atoms with Crippen LogP contribution in [0.4, 0.5) is 4.39 Å². The topological polar surface area (TPSA) is 82.7 Å². The Labute approximate surface area is 143 Å². The second-order valence-corrected chi connectivity index (χ2v) is 6.19. The van der Waals surface area contributed by atoms with E-state index in [0.29, 0.717) is 17.0 Å². The second kappa shape index (κ2) is 6.60. The van der Waals surface area contributed by atoms with E-state index >= 15 is 0 Å². The number of hydrogen-bond donors (Lipinski definition) is 3. The van der Waals surface area contributed by atoms with Crippen molar-refractivity contribution in [3.63, 3.8) is 0 Å². The number of aromatic amines is 1. The molecule has 0 radical (unpaired) electrons. The van der Waals surface area contributed by atoms with Crippen LogP contribution >= 0.6 is 0 Å². The highest BCUT2D eigenvalue weighted by Crippen LogP contribution is 2.25. The highest BCUT2D eigenvalue weighted by atomic mass is 19.1. The molecule has 3 aromatic rings. The predicted octanol–water partition coefficient (Wildman–Crippen LogP) is 2.25. The van der Waals surface area contributed by atoms with Gasteiger partial charge in [-0.2, -0.15) is 5.10 Å². The van der Waals surface area contributed by atoms with Gasteiger partial charge in [-0.25, -0.2) is 4.39 Å². The van der Waals surface area contributed by atoms with Gasteiger partial charge in [0.05, 0.1) is 17.4 Å². The summed E-state index contributed by atoms with van der Waals surface area (Å²) in [4.78, 5) is 16.6. The lowest BCUT2D eigenvalue weighted by Crippen LogP contribution is -2.42. The lowest BCUT2D eigenvalue weighted by molar-refractivity contribution is 0.0929. The van der Waals surface area contributed by atoms with Crippen molar-refractivity contribution in [2.45, 2.75) is 18.9 Å². The van der Waals surface area contributed by atoms with Crippen LogP contribution in [-0.2, 0) is 0 Å². The Morgan fingerprint density at radius 3 is 2.80 bits per heavy atom. The summed E-state index contributed by atoms with van der Waals surface area (Å²) in [7, 11) is 0. The fraction of sp³-hybridized carbons (Fsp3) is 0.278. The van der Waals surface area contributed by atoms with E-state index in [1.165, 1.54) is 6.07 Å². The molecule has 7 heteroatoms. The molecule has 25 heavy (non-hydrogen) atoms. The lowest BCUT2D eigenvalue weighted by Gasteiger charge is -2.23. The normalized spacial score (nSPS) is 15.4. The maximum atomic E-state index is 13.1. The molecule has 4 rings (SSSR count). The van der Waals surface area contributed by atoms with Gasteiger partial charge in [-0.05, 0) is 56.3 Å². The number of piperidine rings is 1. The molecule has 1 aliphatic heterocycles. The van der Waals surface area contributed by atoms with Crippen molar-refractivity contribution in [1.82, 2.24) is 25.8 Å². The smallest absolute Gasteiger partial charge is 0.251 e.